The summed E-state index contributed by atoms with van der Waals surface area (Å²) < 4.78 is 36.6. The van der Waals surface area contributed by atoms with E-state index in [1.54, 1.807) is 0 Å². The van der Waals surface area contributed by atoms with Gasteiger partial charge in [-0.15, -0.1) is 0 Å². The molecule has 0 amide bonds. The topological polar surface area (TPSA) is 102 Å². The van der Waals surface area contributed by atoms with Gasteiger partial charge in [-0.05, 0) is 36.4 Å². The Kier molecular flexibility index (Phi) is 4.75. The van der Waals surface area contributed by atoms with Gasteiger partial charge in [0, 0.05) is 0 Å². The van der Waals surface area contributed by atoms with E-state index in [1.165, 1.54) is 49.6 Å². The fourth-order valence-corrected chi connectivity index (χ4v) is 2.97. The van der Waals surface area contributed by atoms with Gasteiger partial charge in [0.1, 0.15) is 17.2 Å². The minimum absolute atomic E-state index is 0.0441. The lowest BCUT2D eigenvalue weighted by Crippen LogP contribution is -2.16. The van der Waals surface area contributed by atoms with E-state index >= 15 is 0 Å². The molecule has 0 aromatic heterocycles. The van der Waals surface area contributed by atoms with Crippen molar-refractivity contribution in [3.8, 4) is 11.5 Å². The van der Waals surface area contributed by atoms with Crippen molar-refractivity contribution in [3.05, 3.63) is 48.0 Å². The van der Waals surface area contributed by atoms with Crippen LogP contribution in [0.5, 0.6) is 11.5 Å². The number of aromatic hydroxyl groups is 1. The number of para-hydroxylation sites is 1. The molecular formula is C15H15NO6S. The molecule has 122 valence electrons. The average molecular weight is 337 g/mol. The highest BCUT2D eigenvalue weighted by Gasteiger charge is 2.21. The third-order valence-electron chi connectivity index (χ3n) is 3.05. The number of sulfonamides is 1. The number of nitrogens with one attached hydrogen (secondary N) is 1. The minimum atomic E-state index is -4.00. The second-order valence-corrected chi connectivity index (χ2v) is 6.15. The highest BCUT2D eigenvalue weighted by Crippen LogP contribution is 2.30. The number of rotatable bonds is 5. The van der Waals surface area contributed by atoms with Gasteiger partial charge in [-0.25, -0.2) is 13.2 Å². The third kappa shape index (κ3) is 3.54. The van der Waals surface area contributed by atoms with Gasteiger partial charge in [-0.2, -0.15) is 0 Å². The van der Waals surface area contributed by atoms with Crippen LogP contribution in [0.25, 0.3) is 0 Å². The number of benzene rings is 2. The minimum Gasteiger partial charge on any atom is -0.506 e. The third-order valence-corrected chi connectivity index (χ3v) is 4.42. The Morgan fingerprint density at radius 3 is 2.30 bits per heavy atom. The van der Waals surface area contributed by atoms with Crippen LogP contribution in [0.3, 0.4) is 0 Å². The molecule has 0 fully saturated rings. The highest BCUT2D eigenvalue weighted by atomic mass is 32.2. The molecule has 0 aliphatic heterocycles. The van der Waals surface area contributed by atoms with E-state index in [2.05, 4.69) is 9.46 Å². The van der Waals surface area contributed by atoms with Crippen molar-refractivity contribution >= 4 is 21.7 Å². The van der Waals surface area contributed by atoms with Crippen LogP contribution in [-0.2, 0) is 14.8 Å². The van der Waals surface area contributed by atoms with E-state index in [1.807, 2.05) is 0 Å². The first kappa shape index (κ1) is 16.6. The second-order valence-electron chi connectivity index (χ2n) is 4.47. The smallest absolute Gasteiger partial charge is 0.340 e. The number of ether oxygens (including phenoxy) is 2. The van der Waals surface area contributed by atoms with Crippen molar-refractivity contribution < 1.29 is 27.8 Å². The number of carbonyl (C=O) groups is 1. The van der Waals surface area contributed by atoms with Crippen LogP contribution in [0.15, 0.2) is 47.4 Å². The second kappa shape index (κ2) is 6.57. The lowest BCUT2D eigenvalue weighted by atomic mass is 10.1. The van der Waals surface area contributed by atoms with Crippen molar-refractivity contribution in [2.45, 2.75) is 4.90 Å². The number of anilines is 1. The van der Waals surface area contributed by atoms with Crippen LogP contribution in [0.1, 0.15) is 10.4 Å². The van der Waals surface area contributed by atoms with E-state index in [-0.39, 0.29) is 21.9 Å². The predicted molar refractivity (Wildman–Crippen MR) is 83.2 cm³/mol. The summed E-state index contributed by atoms with van der Waals surface area (Å²) >= 11 is 0. The van der Waals surface area contributed by atoms with E-state index in [4.69, 9.17) is 4.74 Å². The molecule has 7 nitrogen and oxygen atoms in total. The summed E-state index contributed by atoms with van der Waals surface area (Å²) in [5.41, 5.74) is -0.334. The molecule has 0 saturated carbocycles. The molecule has 2 aromatic rings. The SMILES string of the molecule is COC(=O)c1cccc(O)c1NS(=O)(=O)c1ccc(OC)cc1. The van der Waals surface area contributed by atoms with Gasteiger partial charge in [0.25, 0.3) is 10.0 Å². The molecule has 0 unspecified atom stereocenters. The Bertz CT molecular complexity index is 814. The van der Waals surface area contributed by atoms with E-state index in [0.717, 1.165) is 7.11 Å². The normalized spacial score (nSPS) is 10.9. The number of esters is 1. The summed E-state index contributed by atoms with van der Waals surface area (Å²) in [6.45, 7) is 0. The van der Waals surface area contributed by atoms with E-state index in [9.17, 15) is 18.3 Å². The Hall–Kier alpha value is -2.74. The largest absolute Gasteiger partial charge is 0.506 e. The lowest BCUT2D eigenvalue weighted by Gasteiger charge is -2.13. The predicted octanol–water partition coefficient (Wildman–Crippen LogP) is 1.99. The quantitative estimate of drug-likeness (QED) is 0.639. The fraction of sp³-hybridized carbons (Fsp3) is 0.133. The van der Waals surface area contributed by atoms with E-state index in [0.29, 0.717) is 5.75 Å². The molecule has 0 bridgehead atoms. The maximum Gasteiger partial charge on any atom is 0.340 e. The molecule has 8 heteroatoms. The number of phenols is 1. The molecule has 0 aliphatic rings. The van der Waals surface area contributed by atoms with Crippen molar-refractivity contribution in [1.82, 2.24) is 0 Å². The van der Waals surface area contributed by atoms with Crippen molar-refractivity contribution in [2.75, 3.05) is 18.9 Å². The number of phenolic OH excluding ortho intramolecular Hbond substituents is 1. The molecule has 2 N–H and O–H groups in total. The fourth-order valence-electron chi connectivity index (χ4n) is 1.88. The standard InChI is InChI=1S/C15H15NO6S/c1-21-10-6-8-11(9-7-10)23(19,20)16-14-12(15(18)22-2)4-3-5-13(14)17/h3-9,16-17H,1-2H3. The van der Waals surface area contributed by atoms with Gasteiger partial charge in [0.15, 0.2) is 0 Å². The van der Waals surface area contributed by atoms with Crippen LogP contribution in [0.4, 0.5) is 5.69 Å². The average Bonchev–Trinajstić information content (AvgIpc) is 2.56. The molecule has 2 rings (SSSR count). The molecule has 0 radical (unpaired) electrons. The summed E-state index contributed by atoms with van der Waals surface area (Å²) in [5, 5.41) is 9.87. The first-order valence-corrected chi connectivity index (χ1v) is 7.94. The highest BCUT2D eigenvalue weighted by molar-refractivity contribution is 7.92. The summed E-state index contributed by atoms with van der Waals surface area (Å²) in [6, 6.07) is 9.68. The van der Waals surface area contributed by atoms with Crippen molar-refractivity contribution in [3.63, 3.8) is 0 Å². The van der Waals surface area contributed by atoms with Crippen LogP contribution in [-0.4, -0.2) is 33.7 Å². The van der Waals surface area contributed by atoms with E-state index < -0.39 is 16.0 Å². The van der Waals surface area contributed by atoms with Crippen LogP contribution >= 0.6 is 0 Å². The summed E-state index contributed by atoms with van der Waals surface area (Å²) in [4.78, 5) is 11.7. The molecule has 23 heavy (non-hydrogen) atoms. The van der Waals surface area contributed by atoms with Gasteiger partial charge in [-0.3, -0.25) is 4.72 Å². The Morgan fingerprint density at radius 1 is 1.09 bits per heavy atom. The van der Waals surface area contributed by atoms with Crippen LogP contribution < -0.4 is 9.46 Å². The number of methoxy groups -OCH3 is 2. The van der Waals surface area contributed by atoms with Gasteiger partial charge in [-0.1, -0.05) is 6.07 Å². The monoisotopic (exact) mass is 337 g/mol. The molecular weight excluding hydrogens is 322 g/mol. The Morgan fingerprint density at radius 2 is 1.74 bits per heavy atom. The first-order chi connectivity index (χ1) is 10.9. The van der Waals surface area contributed by atoms with Crippen LogP contribution in [0, 0.1) is 0 Å². The maximum absolute atomic E-state index is 12.4. The van der Waals surface area contributed by atoms with Gasteiger partial charge in [0.2, 0.25) is 0 Å². The van der Waals surface area contributed by atoms with Crippen LogP contribution in [0.2, 0.25) is 0 Å². The lowest BCUT2D eigenvalue weighted by molar-refractivity contribution is 0.0601. The molecule has 0 atom stereocenters. The Balaban J connectivity index is 2.42. The maximum atomic E-state index is 12.4. The van der Waals surface area contributed by atoms with Crippen molar-refractivity contribution in [1.29, 1.82) is 0 Å². The van der Waals surface area contributed by atoms with Gasteiger partial charge >= 0.3 is 5.97 Å². The zero-order valence-corrected chi connectivity index (χ0v) is 13.3. The summed E-state index contributed by atoms with van der Waals surface area (Å²) in [5.74, 6) is -0.653. The number of carbonyl (C=O) groups excluding carboxylic acids is 1. The Labute approximate surface area is 133 Å². The molecule has 0 saturated heterocycles. The zero-order valence-electron chi connectivity index (χ0n) is 12.4. The summed E-state index contributed by atoms with van der Waals surface area (Å²) in [6.07, 6.45) is 0. The first-order valence-electron chi connectivity index (χ1n) is 6.46. The molecule has 0 aliphatic carbocycles. The molecule has 2 aromatic carbocycles. The van der Waals surface area contributed by atoms with Crippen molar-refractivity contribution in [2.24, 2.45) is 0 Å². The molecule has 0 spiro atoms. The zero-order chi connectivity index (χ0) is 17.0. The molecule has 0 heterocycles. The number of hydrogen-bond acceptors (Lipinski definition) is 6. The number of hydrogen-bond donors (Lipinski definition) is 2. The van der Waals surface area contributed by atoms with Gasteiger partial charge in [0.05, 0.1) is 24.7 Å². The van der Waals surface area contributed by atoms with Gasteiger partial charge < -0.3 is 14.6 Å². The summed E-state index contributed by atoms with van der Waals surface area (Å²) in [7, 11) is -1.37.